The Morgan fingerprint density at radius 1 is 1.62 bits per heavy atom. The minimum atomic E-state index is 0.481. The molecule has 2 nitrogen and oxygen atoms in total. The Hall–Kier alpha value is -0.0800. The van der Waals surface area contributed by atoms with Gasteiger partial charge in [-0.15, -0.1) is 0 Å². The van der Waals surface area contributed by atoms with Gasteiger partial charge >= 0.3 is 0 Å². The summed E-state index contributed by atoms with van der Waals surface area (Å²) in [5.41, 5.74) is 5.35. The maximum absolute atomic E-state index is 5.35. The van der Waals surface area contributed by atoms with Gasteiger partial charge in [0.25, 0.3) is 0 Å². The average Bonchev–Trinajstić information content (AvgIpc) is 1.83. The first-order valence-corrected chi connectivity index (χ1v) is 3.24. The number of rotatable bonds is 4. The van der Waals surface area contributed by atoms with Crippen LogP contribution in [-0.2, 0) is 0 Å². The smallest absolute Gasteiger partial charge is 0.0161 e. The monoisotopic (exact) mass is 116 g/mol. The number of nitrogens with two attached hydrogens (primary N) is 1. The Labute approximate surface area is 51.5 Å². The van der Waals surface area contributed by atoms with E-state index in [0.717, 1.165) is 13.1 Å². The third-order valence-electron chi connectivity index (χ3n) is 1.10. The van der Waals surface area contributed by atoms with Crippen LogP contribution >= 0.6 is 0 Å². The lowest BCUT2D eigenvalue weighted by Crippen LogP contribution is -2.33. The standard InChI is InChI=1S/C6H16N2/c1-3-4-8-6(2)5-7/h6,8H,3-5,7H2,1-2H3/t6-/m1/s1. The van der Waals surface area contributed by atoms with Crippen molar-refractivity contribution in [2.45, 2.75) is 26.3 Å². The van der Waals surface area contributed by atoms with Crippen molar-refractivity contribution in [2.24, 2.45) is 5.73 Å². The van der Waals surface area contributed by atoms with Gasteiger partial charge in [-0.1, -0.05) is 6.92 Å². The molecule has 0 heterocycles. The molecule has 0 aromatic rings. The summed E-state index contributed by atoms with van der Waals surface area (Å²) in [4.78, 5) is 0. The van der Waals surface area contributed by atoms with Crippen molar-refractivity contribution in [1.82, 2.24) is 5.32 Å². The van der Waals surface area contributed by atoms with Gasteiger partial charge < -0.3 is 11.1 Å². The number of nitrogens with one attached hydrogen (secondary N) is 1. The lowest BCUT2D eigenvalue weighted by atomic mass is 10.3. The summed E-state index contributed by atoms with van der Waals surface area (Å²) in [6.45, 7) is 6.06. The van der Waals surface area contributed by atoms with Crippen molar-refractivity contribution in [3.8, 4) is 0 Å². The highest BCUT2D eigenvalue weighted by atomic mass is 14.9. The van der Waals surface area contributed by atoms with Crippen LogP contribution in [0.2, 0.25) is 0 Å². The second kappa shape index (κ2) is 5.06. The molecule has 0 rings (SSSR count). The highest BCUT2D eigenvalue weighted by Crippen LogP contribution is 1.76. The summed E-state index contributed by atoms with van der Waals surface area (Å²) in [6, 6.07) is 0.481. The molecular weight excluding hydrogens is 100 g/mol. The van der Waals surface area contributed by atoms with Crippen LogP contribution in [-0.4, -0.2) is 19.1 Å². The van der Waals surface area contributed by atoms with E-state index in [4.69, 9.17) is 5.73 Å². The lowest BCUT2D eigenvalue weighted by molar-refractivity contribution is 0.554. The van der Waals surface area contributed by atoms with E-state index in [-0.39, 0.29) is 0 Å². The van der Waals surface area contributed by atoms with E-state index in [1.165, 1.54) is 6.42 Å². The fourth-order valence-electron chi connectivity index (χ4n) is 0.474. The molecule has 0 unspecified atom stereocenters. The zero-order valence-electron chi connectivity index (χ0n) is 5.78. The van der Waals surface area contributed by atoms with Crippen LogP contribution in [0.3, 0.4) is 0 Å². The Balaban J connectivity index is 2.86. The Kier molecular flexibility index (Phi) is 5.01. The van der Waals surface area contributed by atoms with Crippen molar-refractivity contribution < 1.29 is 0 Å². The molecule has 0 fully saturated rings. The SMILES string of the molecule is CCCN[C@H](C)CN. The predicted molar refractivity (Wildman–Crippen MR) is 36.8 cm³/mol. The van der Waals surface area contributed by atoms with Crippen LogP contribution in [0.1, 0.15) is 20.3 Å². The van der Waals surface area contributed by atoms with Crippen LogP contribution in [0.15, 0.2) is 0 Å². The van der Waals surface area contributed by atoms with Crippen LogP contribution in [0.5, 0.6) is 0 Å². The minimum absolute atomic E-state index is 0.481. The van der Waals surface area contributed by atoms with Crippen LogP contribution in [0.25, 0.3) is 0 Å². The first kappa shape index (κ1) is 7.92. The molecule has 0 bridgehead atoms. The first-order chi connectivity index (χ1) is 3.81. The van der Waals surface area contributed by atoms with Crippen molar-refractivity contribution in [1.29, 1.82) is 0 Å². The van der Waals surface area contributed by atoms with Gasteiger partial charge in [-0.3, -0.25) is 0 Å². The third kappa shape index (κ3) is 4.09. The fraction of sp³-hybridized carbons (Fsp3) is 1.00. The molecule has 0 saturated carbocycles. The molecule has 0 aliphatic rings. The molecule has 0 saturated heterocycles. The quantitative estimate of drug-likeness (QED) is 0.555. The fourth-order valence-corrected chi connectivity index (χ4v) is 0.474. The van der Waals surface area contributed by atoms with Crippen molar-refractivity contribution in [3.63, 3.8) is 0 Å². The Morgan fingerprint density at radius 2 is 2.25 bits per heavy atom. The summed E-state index contributed by atoms with van der Waals surface area (Å²) in [5.74, 6) is 0. The maximum Gasteiger partial charge on any atom is 0.0161 e. The zero-order chi connectivity index (χ0) is 6.41. The van der Waals surface area contributed by atoms with Gasteiger partial charge in [0.2, 0.25) is 0 Å². The predicted octanol–water partition coefficient (Wildman–Crippen LogP) is 0.333. The van der Waals surface area contributed by atoms with Crippen molar-refractivity contribution in [2.75, 3.05) is 13.1 Å². The van der Waals surface area contributed by atoms with E-state index in [2.05, 4.69) is 19.2 Å². The van der Waals surface area contributed by atoms with E-state index in [1.54, 1.807) is 0 Å². The molecular formula is C6H16N2. The van der Waals surface area contributed by atoms with Crippen LogP contribution in [0.4, 0.5) is 0 Å². The molecule has 0 aromatic heterocycles. The molecule has 0 aromatic carbocycles. The summed E-state index contributed by atoms with van der Waals surface area (Å²) in [6.07, 6.45) is 1.18. The molecule has 0 aliphatic carbocycles. The summed E-state index contributed by atoms with van der Waals surface area (Å²) < 4.78 is 0. The van der Waals surface area contributed by atoms with Crippen molar-refractivity contribution >= 4 is 0 Å². The highest BCUT2D eigenvalue weighted by molar-refractivity contribution is 4.58. The van der Waals surface area contributed by atoms with Gasteiger partial charge in [0.15, 0.2) is 0 Å². The van der Waals surface area contributed by atoms with E-state index in [0.29, 0.717) is 6.04 Å². The van der Waals surface area contributed by atoms with Gasteiger partial charge in [0, 0.05) is 12.6 Å². The van der Waals surface area contributed by atoms with Gasteiger partial charge in [0.1, 0.15) is 0 Å². The van der Waals surface area contributed by atoms with E-state index < -0.39 is 0 Å². The summed E-state index contributed by atoms with van der Waals surface area (Å²) in [5, 5.41) is 3.26. The molecule has 0 amide bonds. The molecule has 3 N–H and O–H groups in total. The normalized spacial score (nSPS) is 13.9. The molecule has 8 heavy (non-hydrogen) atoms. The van der Waals surface area contributed by atoms with E-state index in [1.807, 2.05) is 0 Å². The molecule has 1 atom stereocenters. The second-order valence-corrected chi connectivity index (χ2v) is 2.09. The first-order valence-electron chi connectivity index (χ1n) is 3.24. The molecule has 50 valence electrons. The van der Waals surface area contributed by atoms with Gasteiger partial charge in [-0.05, 0) is 19.9 Å². The Morgan fingerprint density at radius 3 is 2.62 bits per heavy atom. The molecule has 0 radical (unpaired) electrons. The summed E-state index contributed by atoms with van der Waals surface area (Å²) in [7, 11) is 0. The zero-order valence-corrected chi connectivity index (χ0v) is 5.78. The molecule has 0 spiro atoms. The maximum atomic E-state index is 5.35. The van der Waals surface area contributed by atoms with Gasteiger partial charge in [-0.2, -0.15) is 0 Å². The number of hydrogen-bond acceptors (Lipinski definition) is 2. The lowest BCUT2D eigenvalue weighted by Gasteiger charge is -2.08. The van der Waals surface area contributed by atoms with Crippen LogP contribution < -0.4 is 11.1 Å². The van der Waals surface area contributed by atoms with Crippen LogP contribution in [0, 0.1) is 0 Å². The van der Waals surface area contributed by atoms with Gasteiger partial charge in [-0.25, -0.2) is 0 Å². The Bertz CT molecular complexity index is 45.8. The topological polar surface area (TPSA) is 38.0 Å². The molecule has 0 aliphatic heterocycles. The second-order valence-electron chi connectivity index (χ2n) is 2.09. The largest absolute Gasteiger partial charge is 0.329 e. The highest BCUT2D eigenvalue weighted by Gasteiger charge is 1.92. The minimum Gasteiger partial charge on any atom is -0.329 e. The third-order valence-corrected chi connectivity index (χ3v) is 1.10. The van der Waals surface area contributed by atoms with E-state index in [9.17, 15) is 0 Å². The molecule has 2 heteroatoms. The summed E-state index contributed by atoms with van der Waals surface area (Å²) >= 11 is 0. The number of hydrogen-bond donors (Lipinski definition) is 2. The van der Waals surface area contributed by atoms with Gasteiger partial charge in [0.05, 0.1) is 0 Å². The van der Waals surface area contributed by atoms with E-state index >= 15 is 0 Å². The van der Waals surface area contributed by atoms with Crippen molar-refractivity contribution in [3.05, 3.63) is 0 Å². The average molecular weight is 116 g/mol.